The maximum Gasteiger partial charge on any atom is 0.0558 e. The van der Waals surface area contributed by atoms with E-state index in [1.165, 1.54) is 45.4 Å². The third kappa shape index (κ3) is 2.92. The van der Waals surface area contributed by atoms with Crippen molar-refractivity contribution in [1.82, 2.24) is 9.80 Å². The van der Waals surface area contributed by atoms with Crippen LogP contribution in [0.25, 0.3) is 0 Å². The van der Waals surface area contributed by atoms with E-state index in [0.717, 1.165) is 18.5 Å². The van der Waals surface area contributed by atoms with Crippen LogP contribution in [0.15, 0.2) is 0 Å². The molecule has 0 saturated carbocycles. The van der Waals surface area contributed by atoms with Gasteiger partial charge in [0.2, 0.25) is 0 Å². The monoisotopic (exact) mass is 212 g/mol. The van der Waals surface area contributed by atoms with Gasteiger partial charge in [-0.25, -0.2) is 0 Å². The minimum atomic E-state index is 0.309. The average molecular weight is 212 g/mol. The normalized spacial score (nSPS) is 31.2. The van der Waals surface area contributed by atoms with E-state index in [1.54, 1.807) is 0 Å². The molecular formula is C12H24N2O. The fourth-order valence-electron chi connectivity index (χ4n) is 2.85. The van der Waals surface area contributed by atoms with Crippen molar-refractivity contribution in [2.24, 2.45) is 5.92 Å². The van der Waals surface area contributed by atoms with Crippen LogP contribution in [0.4, 0.5) is 0 Å². The lowest BCUT2D eigenvalue weighted by atomic mass is 9.98. The summed E-state index contributed by atoms with van der Waals surface area (Å²) in [5, 5.41) is 8.90. The van der Waals surface area contributed by atoms with Crippen LogP contribution in [-0.2, 0) is 0 Å². The Bertz CT molecular complexity index is 190. The lowest BCUT2D eigenvalue weighted by Gasteiger charge is -2.34. The van der Waals surface area contributed by atoms with Crippen LogP contribution in [0.5, 0.6) is 0 Å². The quantitative estimate of drug-likeness (QED) is 0.749. The van der Waals surface area contributed by atoms with Crippen molar-refractivity contribution in [3.63, 3.8) is 0 Å². The molecule has 0 aromatic heterocycles. The molecule has 0 amide bonds. The van der Waals surface area contributed by atoms with Crippen molar-refractivity contribution >= 4 is 0 Å². The highest BCUT2D eigenvalue weighted by atomic mass is 16.3. The molecule has 2 rings (SSSR count). The number of piperidine rings is 1. The van der Waals surface area contributed by atoms with Crippen LogP contribution in [0.1, 0.15) is 26.2 Å². The molecule has 3 nitrogen and oxygen atoms in total. The first-order chi connectivity index (χ1) is 7.29. The third-order valence-electron chi connectivity index (χ3n) is 4.00. The van der Waals surface area contributed by atoms with Crippen LogP contribution < -0.4 is 0 Å². The molecule has 0 aromatic carbocycles. The van der Waals surface area contributed by atoms with Crippen molar-refractivity contribution in [3.05, 3.63) is 0 Å². The SMILES string of the molecule is CC1CCN(C2CCN(CCO)C2)CC1. The molecule has 0 radical (unpaired) electrons. The van der Waals surface area contributed by atoms with Gasteiger partial charge >= 0.3 is 0 Å². The first-order valence-electron chi connectivity index (χ1n) is 6.37. The molecule has 1 N–H and O–H groups in total. The molecular weight excluding hydrogens is 188 g/mol. The standard InChI is InChI=1S/C12H24N2O/c1-11-2-6-14(7-3-11)12-4-5-13(10-12)8-9-15/h11-12,15H,2-10H2,1H3. The highest BCUT2D eigenvalue weighted by Crippen LogP contribution is 2.22. The molecule has 88 valence electrons. The van der Waals surface area contributed by atoms with Crippen molar-refractivity contribution in [2.45, 2.75) is 32.2 Å². The van der Waals surface area contributed by atoms with Gasteiger partial charge in [-0.2, -0.15) is 0 Å². The number of rotatable bonds is 3. The molecule has 0 spiro atoms. The minimum Gasteiger partial charge on any atom is -0.395 e. The van der Waals surface area contributed by atoms with Gasteiger partial charge in [-0.05, 0) is 44.8 Å². The summed E-state index contributed by atoms with van der Waals surface area (Å²) in [6.45, 7) is 8.47. The van der Waals surface area contributed by atoms with Gasteiger partial charge in [0, 0.05) is 19.1 Å². The largest absolute Gasteiger partial charge is 0.395 e. The molecule has 15 heavy (non-hydrogen) atoms. The minimum absolute atomic E-state index is 0.309. The third-order valence-corrected chi connectivity index (χ3v) is 4.00. The van der Waals surface area contributed by atoms with E-state index in [-0.39, 0.29) is 0 Å². The predicted molar refractivity (Wildman–Crippen MR) is 61.9 cm³/mol. The van der Waals surface area contributed by atoms with E-state index in [2.05, 4.69) is 16.7 Å². The number of β-amino-alcohol motifs (C(OH)–C–C–N with tert-alkyl or cyclic N) is 1. The Labute approximate surface area is 93.1 Å². The van der Waals surface area contributed by atoms with Crippen molar-refractivity contribution < 1.29 is 5.11 Å². The van der Waals surface area contributed by atoms with Gasteiger partial charge in [0.05, 0.1) is 6.61 Å². The highest BCUT2D eigenvalue weighted by Gasteiger charge is 2.29. The van der Waals surface area contributed by atoms with E-state index in [0.29, 0.717) is 6.61 Å². The van der Waals surface area contributed by atoms with Gasteiger partial charge in [0.1, 0.15) is 0 Å². The van der Waals surface area contributed by atoms with Crippen LogP contribution in [0, 0.1) is 5.92 Å². The van der Waals surface area contributed by atoms with Gasteiger partial charge < -0.3 is 5.11 Å². The van der Waals surface area contributed by atoms with Gasteiger partial charge in [0.15, 0.2) is 0 Å². The van der Waals surface area contributed by atoms with Gasteiger partial charge in [-0.15, -0.1) is 0 Å². The predicted octanol–water partition coefficient (Wildman–Crippen LogP) is 0.785. The smallest absolute Gasteiger partial charge is 0.0558 e. The maximum atomic E-state index is 8.90. The number of likely N-dealkylation sites (tertiary alicyclic amines) is 2. The first-order valence-corrected chi connectivity index (χ1v) is 6.37. The van der Waals surface area contributed by atoms with Crippen LogP contribution in [0.3, 0.4) is 0 Å². The molecule has 0 aliphatic carbocycles. The molecule has 0 aromatic rings. The first kappa shape index (κ1) is 11.4. The van der Waals surface area contributed by atoms with Crippen LogP contribution >= 0.6 is 0 Å². The Morgan fingerprint density at radius 3 is 2.53 bits per heavy atom. The second-order valence-electron chi connectivity index (χ2n) is 5.19. The Balaban J connectivity index is 1.75. The summed E-state index contributed by atoms with van der Waals surface area (Å²) in [5.74, 6) is 0.927. The van der Waals surface area contributed by atoms with Crippen LogP contribution in [0.2, 0.25) is 0 Å². The number of aliphatic hydroxyl groups excluding tert-OH is 1. The fourth-order valence-corrected chi connectivity index (χ4v) is 2.85. The average Bonchev–Trinajstić information content (AvgIpc) is 2.68. The molecule has 2 aliphatic heterocycles. The van der Waals surface area contributed by atoms with Gasteiger partial charge in [0.25, 0.3) is 0 Å². The summed E-state index contributed by atoms with van der Waals surface area (Å²) < 4.78 is 0. The number of hydrogen-bond acceptors (Lipinski definition) is 3. The zero-order chi connectivity index (χ0) is 10.7. The zero-order valence-corrected chi connectivity index (χ0v) is 9.86. The van der Waals surface area contributed by atoms with E-state index >= 15 is 0 Å². The highest BCUT2D eigenvalue weighted by molar-refractivity contribution is 4.85. The van der Waals surface area contributed by atoms with Gasteiger partial charge in [-0.1, -0.05) is 6.92 Å². The summed E-state index contributed by atoms with van der Waals surface area (Å²) in [7, 11) is 0. The van der Waals surface area contributed by atoms with Gasteiger partial charge in [-0.3, -0.25) is 9.80 Å². The summed E-state index contributed by atoms with van der Waals surface area (Å²) >= 11 is 0. The maximum absolute atomic E-state index is 8.90. The van der Waals surface area contributed by atoms with E-state index in [4.69, 9.17) is 5.11 Å². The summed E-state index contributed by atoms with van der Waals surface area (Å²) in [4.78, 5) is 5.06. The van der Waals surface area contributed by atoms with E-state index < -0.39 is 0 Å². The fraction of sp³-hybridized carbons (Fsp3) is 1.00. The summed E-state index contributed by atoms with van der Waals surface area (Å²) in [5.41, 5.74) is 0. The number of aliphatic hydroxyl groups is 1. The Morgan fingerprint density at radius 2 is 1.87 bits per heavy atom. The summed E-state index contributed by atoms with van der Waals surface area (Å²) in [6.07, 6.45) is 4.04. The number of hydrogen-bond donors (Lipinski definition) is 1. The van der Waals surface area contributed by atoms with Crippen molar-refractivity contribution in [3.8, 4) is 0 Å². The molecule has 1 atom stereocenters. The second-order valence-corrected chi connectivity index (χ2v) is 5.19. The Hall–Kier alpha value is -0.120. The molecule has 2 heterocycles. The Morgan fingerprint density at radius 1 is 1.13 bits per heavy atom. The van der Waals surface area contributed by atoms with Crippen molar-refractivity contribution in [2.75, 3.05) is 39.3 Å². The lowest BCUT2D eigenvalue weighted by Crippen LogP contribution is -2.42. The Kier molecular flexibility index (Phi) is 4.00. The van der Waals surface area contributed by atoms with Crippen LogP contribution in [-0.4, -0.2) is 60.3 Å². The summed E-state index contributed by atoms with van der Waals surface area (Å²) in [6, 6.07) is 0.768. The molecule has 2 fully saturated rings. The van der Waals surface area contributed by atoms with E-state index in [9.17, 15) is 0 Å². The number of nitrogens with zero attached hydrogens (tertiary/aromatic N) is 2. The van der Waals surface area contributed by atoms with Crippen molar-refractivity contribution in [1.29, 1.82) is 0 Å². The lowest BCUT2D eigenvalue weighted by molar-refractivity contribution is 0.134. The molecule has 2 saturated heterocycles. The van der Waals surface area contributed by atoms with E-state index in [1.807, 2.05) is 0 Å². The molecule has 1 unspecified atom stereocenters. The molecule has 3 heteroatoms. The second kappa shape index (κ2) is 5.28. The molecule has 0 bridgehead atoms. The molecule has 2 aliphatic rings. The topological polar surface area (TPSA) is 26.7 Å². The zero-order valence-electron chi connectivity index (χ0n) is 9.86.